The molecule has 1 aromatic carbocycles. The summed E-state index contributed by atoms with van der Waals surface area (Å²) < 4.78 is 205. The first-order chi connectivity index (χ1) is 22.9. The predicted molar refractivity (Wildman–Crippen MR) is 146 cm³/mol. The van der Waals surface area contributed by atoms with E-state index in [1.54, 1.807) is 23.2 Å². The van der Waals surface area contributed by atoms with Crippen LogP contribution < -0.4 is 0 Å². The Hall–Kier alpha value is -2.87. The molecule has 0 N–H and O–H groups in total. The summed E-state index contributed by atoms with van der Waals surface area (Å²) in [7, 11) is 0. The first kappa shape index (κ1) is 43.3. The minimum atomic E-state index is -7.90. The molecule has 0 aliphatic rings. The van der Waals surface area contributed by atoms with Crippen LogP contribution in [-0.4, -0.2) is 65.6 Å². The lowest BCUT2D eigenvalue weighted by molar-refractivity contribution is -0.543. The molecule has 0 saturated heterocycles. The molecular formula is C30H33F15N2O3. The molecule has 1 aromatic heterocycles. The molecule has 0 unspecified atom stereocenters. The minimum absolute atomic E-state index is 0.0502. The Morgan fingerprint density at radius 2 is 1.12 bits per heavy atom. The normalized spacial score (nSPS) is 14.0. The van der Waals surface area contributed by atoms with Crippen LogP contribution in [0.25, 0.3) is 11.4 Å². The molecule has 1 heterocycles. The topological polar surface area (TPSA) is 53.5 Å². The van der Waals surface area contributed by atoms with Gasteiger partial charge in [0.25, 0.3) is 0 Å². The van der Waals surface area contributed by atoms with Gasteiger partial charge in [-0.2, -0.15) is 65.9 Å². The molecule has 2 rings (SSSR count). The number of unbranched alkanes of at least 4 members (excludes halogenated alkanes) is 6. The van der Waals surface area contributed by atoms with Crippen molar-refractivity contribution in [3.8, 4) is 11.4 Å². The number of hydrogen-bond acceptors (Lipinski definition) is 5. The van der Waals surface area contributed by atoms with Crippen molar-refractivity contribution in [3.63, 3.8) is 0 Å². The molecule has 0 saturated carbocycles. The molecule has 2 aromatic rings. The number of aryl methyl sites for hydroxylation is 2. The van der Waals surface area contributed by atoms with E-state index in [0.29, 0.717) is 31.5 Å². The molecule has 50 heavy (non-hydrogen) atoms. The highest BCUT2D eigenvalue weighted by Crippen LogP contribution is 2.56. The van der Waals surface area contributed by atoms with Crippen molar-refractivity contribution >= 4 is 0 Å². The van der Waals surface area contributed by atoms with Crippen LogP contribution in [0.15, 0.2) is 36.7 Å². The molecule has 20 heteroatoms. The van der Waals surface area contributed by atoms with E-state index in [4.69, 9.17) is 0 Å². The van der Waals surface area contributed by atoms with Crippen molar-refractivity contribution in [3.05, 3.63) is 47.8 Å². The molecule has 286 valence electrons. The Morgan fingerprint density at radius 3 is 1.70 bits per heavy atom. The molecule has 0 amide bonds. The second-order valence-corrected chi connectivity index (χ2v) is 11.1. The smallest absolute Gasteiger partial charge is 0.372 e. The SMILES string of the molecule is CCCCCCc1cc(-c2ncccn2)ccc1CCCCCCOCC(F)(F)OC(F)(F)C(F)(F)OC(F)(F)C(F)(F)C(F)(F)C(F)(F)F. The van der Waals surface area contributed by atoms with Crippen molar-refractivity contribution in [2.24, 2.45) is 0 Å². The molecule has 0 aliphatic heterocycles. The number of ether oxygens (including phenoxy) is 3. The third kappa shape index (κ3) is 11.3. The molecule has 0 bridgehead atoms. The van der Waals surface area contributed by atoms with Crippen LogP contribution in [0.3, 0.4) is 0 Å². The summed E-state index contributed by atoms with van der Waals surface area (Å²) in [4.78, 5) is 8.52. The fourth-order valence-corrected chi connectivity index (χ4v) is 4.42. The van der Waals surface area contributed by atoms with Gasteiger partial charge in [0.2, 0.25) is 0 Å². The molecule has 0 atom stereocenters. The molecule has 0 aliphatic carbocycles. The molecule has 0 spiro atoms. The lowest BCUT2D eigenvalue weighted by Gasteiger charge is -2.36. The Kier molecular flexibility index (Phi) is 14.8. The maximum Gasteiger partial charge on any atom is 0.460 e. The maximum atomic E-state index is 13.8. The summed E-state index contributed by atoms with van der Waals surface area (Å²) in [5, 5.41) is 0. The molecule has 0 fully saturated rings. The van der Waals surface area contributed by atoms with Crippen LogP contribution in [0.1, 0.15) is 69.4 Å². The second-order valence-electron chi connectivity index (χ2n) is 11.1. The highest BCUT2D eigenvalue weighted by atomic mass is 19.4. The number of alkyl halides is 15. The van der Waals surface area contributed by atoms with Gasteiger partial charge in [-0.3, -0.25) is 0 Å². The first-order valence-corrected chi connectivity index (χ1v) is 15.1. The molecular weight excluding hydrogens is 721 g/mol. The summed E-state index contributed by atoms with van der Waals surface area (Å²) in [5.74, 6) is -15.1. The van der Waals surface area contributed by atoms with Crippen molar-refractivity contribution in [2.45, 2.75) is 114 Å². The number of rotatable bonds is 22. The van der Waals surface area contributed by atoms with E-state index in [1.165, 1.54) is 0 Å². The van der Waals surface area contributed by atoms with Crippen LogP contribution in [0.4, 0.5) is 65.9 Å². The average Bonchev–Trinajstić information content (AvgIpc) is 2.99. The molecule has 0 radical (unpaired) electrons. The van der Waals surface area contributed by atoms with Gasteiger partial charge in [-0.15, -0.1) is 0 Å². The largest absolute Gasteiger partial charge is 0.460 e. The van der Waals surface area contributed by atoms with Gasteiger partial charge >= 0.3 is 42.5 Å². The Morgan fingerprint density at radius 1 is 0.580 bits per heavy atom. The summed E-state index contributed by atoms with van der Waals surface area (Å²) in [6.07, 6.45) is -24.4. The van der Waals surface area contributed by atoms with E-state index in [1.807, 2.05) is 18.2 Å². The summed E-state index contributed by atoms with van der Waals surface area (Å²) >= 11 is 0. The minimum Gasteiger partial charge on any atom is -0.372 e. The van der Waals surface area contributed by atoms with Gasteiger partial charge in [-0.05, 0) is 55.4 Å². The lowest BCUT2D eigenvalue weighted by Crippen LogP contribution is -2.64. The summed E-state index contributed by atoms with van der Waals surface area (Å²) in [6, 6.07) is 7.55. The van der Waals surface area contributed by atoms with E-state index in [-0.39, 0.29) is 6.42 Å². The predicted octanol–water partition coefficient (Wildman–Crippen LogP) is 10.6. The van der Waals surface area contributed by atoms with Gasteiger partial charge in [0.05, 0.1) is 0 Å². The monoisotopic (exact) mass is 754 g/mol. The zero-order valence-electron chi connectivity index (χ0n) is 26.2. The van der Waals surface area contributed by atoms with Crippen LogP contribution in [0, 0.1) is 0 Å². The third-order valence-electron chi connectivity index (χ3n) is 7.07. The fraction of sp³-hybridized carbons (Fsp3) is 0.667. The molecule has 5 nitrogen and oxygen atoms in total. The van der Waals surface area contributed by atoms with Crippen molar-refractivity contribution in [1.29, 1.82) is 0 Å². The summed E-state index contributed by atoms with van der Waals surface area (Å²) in [6.45, 7) is -0.676. The van der Waals surface area contributed by atoms with E-state index in [0.717, 1.165) is 48.8 Å². The number of halogens is 15. The van der Waals surface area contributed by atoms with Gasteiger partial charge in [0, 0.05) is 24.6 Å². The van der Waals surface area contributed by atoms with Gasteiger partial charge in [0.1, 0.15) is 6.61 Å². The van der Waals surface area contributed by atoms with E-state index in [2.05, 4.69) is 26.4 Å². The van der Waals surface area contributed by atoms with Crippen molar-refractivity contribution < 1.29 is 80.1 Å². The van der Waals surface area contributed by atoms with Crippen molar-refractivity contribution in [1.82, 2.24) is 9.97 Å². The van der Waals surface area contributed by atoms with Gasteiger partial charge < -0.3 is 4.74 Å². The van der Waals surface area contributed by atoms with E-state index >= 15 is 0 Å². The van der Waals surface area contributed by atoms with Crippen LogP contribution >= 0.6 is 0 Å². The average molecular weight is 755 g/mol. The Bertz CT molecular complexity index is 1330. The van der Waals surface area contributed by atoms with Gasteiger partial charge in [0.15, 0.2) is 5.82 Å². The Labute approximate surface area is 276 Å². The van der Waals surface area contributed by atoms with Gasteiger partial charge in [-0.25, -0.2) is 19.4 Å². The van der Waals surface area contributed by atoms with Crippen LogP contribution in [0.2, 0.25) is 0 Å². The fourth-order valence-electron chi connectivity index (χ4n) is 4.42. The summed E-state index contributed by atoms with van der Waals surface area (Å²) in [5.41, 5.74) is 3.03. The number of aromatic nitrogens is 2. The second kappa shape index (κ2) is 17.1. The maximum absolute atomic E-state index is 13.8. The number of hydrogen-bond donors (Lipinski definition) is 0. The van der Waals surface area contributed by atoms with E-state index in [9.17, 15) is 65.9 Å². The highest BCUT2D eigenvalue weighted by molar-refractivity contribution is 5.57. The van der Waals surface area contributed by atoms with Crippen molar-refractivity contribution in [2.75, 3.05) is 13.2 Å². The number of nitrogens with zero attached hydrogens (tertiary/aromatic N) is 2. The quantitative estimate of drug-likeness (QED) is 0.0885. The Balaban J connectivity index is 1.86. The van der Waals surface area contributed by atoms with Crippen LogP contribution in [-0.2, 0) is 27.1 Å². The number of benzene rings is 1. The highest BCUT2D eigenvalue weighted by Gasteiger charge is 2.85. The zero-order chi connectivity index (χ0) is 38.1. The third-order valence-corrected chi connectivity index (χ3v) is 7.07. The van der Waals surface area contributed by atoms with Gasteiger partial charge in [-0.1, -0.05) is 51.2 Å². The first-order valence-electron chi connectivity index (χ1n) is 15.1. The lowest BCUT2D eigenvalue weighted by atomic mass is 9.94. The van der Waals surface area contributed by atoms with E-state index < -0.39 is 55.7 Å². The van der Waals surface area contributed by atoms with Crippen LogP contribution in [0.5, 0.6) is 0 Å². The standard InChI is InChI=1S/C30H33F15N2O3/c1-2-3-4-7-12-21-18-22(23-46-15-10-16-47-23)14-13-20(21)11-8-5-6-9-17-48-19-24(31,32)49-29(42,43)30(44,45)50-28(40,41)26(35,36)25(33,34)27(37,38)39/h10,13-16,18H,2-9,11-12,17,19H2,1H3. The zero-order valence-corrected chi connectivity index (χ0v) is 26.2.